The maximum atomic E-state index is 2.74. The van der Waals surface area contributed by atoms with Gasteiger partial charge in [0.05, 0.1) is 8.07 Å². The van der Waals surface area contributed by atoms with E-state index in [-0.39, 0.29) is 0 Å². The van der Waals surface area contributed by atoms with E-state index < -0.39 is 8.07 Å². The Morgan fingerprint density at radius 1 is 0.406 bits per heavy atom. The second kappa shape index (κ2) is 25.6. The zero-order chi connectivity index (χ0) is 23.6. The van der Waals surface area contributed by atoms with E-state index in [9.17, 15) is 0 Å². The summed E-state index contributed by atoms with van der Waals surface area (Å²) in [5.41, 5.74) is 0. The highest BCUT2D eigenvalue weighted by Gasteiger charge is 2.24. The molecule has 0 N–H and O–H groups in total. The van der Waals surface area contributed by atoms with Crippen molar-refractivity contribution in [3.8, 4) is 0 Å². The topological polar surface area (TPSA) is 0 Å². The maximum absolute atomic E-state index is 2.74. The van der Waals surface area contributed by atoms with Crippen molar-refractivity contribution in [3.63, 3.8) is 0 Å². The lowest BCUT2D eigenvalue weighted by molar-refractivity contribution is 0.579. The van der Waals surface area contributed by atoms with E-state index in [1.54, 1.807) is 12.1 Å². The first-order chi connectivity index (χ1) is 15.7. The standard InChI is InChI=1S/C31H64Si/c1-5-8-11-14-17-20-23-26-29-32(4,30-27-24-21-18-15-12-9-6-2)31-28-25-22-19-16-13-10-7-3/h23,26H,5-22,24-25,27-31H2,1-4H3/b26-23+. The fourth-order valence-electron chi connectivity index (χ4n) is 5.05. The molecule has 0 unspecified atom stereocenters. The average molecular weight is 465 g/mol. The predicted octanol–water partition coefficient (Wildman–Crippen LogP) is 12.3. The summed E-state index contributed by atoms with van der Waals surface area (Å²) in [5, 5.41) is 0. The lowest BCUT2D eigenvalue weighted by Gasteiger charge is -2.26. The third-order valence-corrected chi connectivity index (χ3v) is 11.9. The Morgan fingerprint density at radius 2 is 0.750 bits per heavy atom. The summed E-state index contributed by atoms with van der Waals surface area (Å²) in [6.07, 6.45) is 37.0. The smallest absolute Gasteiger partial charge is 0.0542 e. The molecule has 0 aliphatic heterocycles. The molecule has 0 aromatic heterocycles. The quantitative estimate of drug-likeness (QED) is 0.0678. The van der Waals surface area contributed by atoms with Crippen LogP contribution in [0.25, 0.3) is 0 Å². The molecule has 0 saturated carbocycles. The van der Waals surface area contributed by atoms with Gasteiger partial charge in [0, 0.05) is 0 Å². The summed E-state index contributed by atoms with van der Waals surface area (Å²) < 4.78 is 0. The Hall–Kier alpha value is -0.0431. The Labute approximate surface area is 206 Å². The van der Waals surface area contributed by atoms with Gasteiger partial charge in [0.2, 0.25) is 0 Å². The van der Waals surface area contributed by atoms with Crippen molar-refractivity contribution in [2.45, 2.75) is 187 Å². The molecule has 0 aromatic carbocycles. The molecule has 0 atom stereocenters. The number of allylic oxidation sites excluding steroid dienone is 2. The summed E-state index contributed by atoms with van der Waals surface area (Å²) in [7, 11) is -1.08. The average Bonchev–Trinajstić information content (AvgIpc) is 2.79. The van der Waals surface area contributed by atoms with Crippen molar-refractivity contribution in [3.05, 3.63) is 12.2 Å². The van der Waals surface area contributed by atoms with Gasteiger partial charge in [-0.3, -0.25) is 0 Å². The summed E-state index contributed by atoms with van der Waals surface area (Å²) in [6.45, 7) is 9.68. The van der Waals surface area contributed by atoms with Gasteiger partial charge >= 0.3 is 0 Å². The van der Waals surface area contributed by atoms with Crippen LogP contribution in [0.1, 0.15) is 162 Å². The molecule has 0 radical (unpaired) electrons. The van der Waals surface area contributed by atoms with E-state index >= 15 is 0 Å². The molecule has 0 aliphatic rings. The van der Waals surface area contributed by atoms with Gasteiger partial charge in [-0.1, -0.05) is 180 Å². The second-order valence-electron chi connectivity index (χ2n) is 11.1. The summed E-state index contributed by atoms with van der Waals surface area (Å²) in [4.78, 5) is 0. The fraction of sp³-hybridized carbons (Fsp3) is 0.935. The second-order valence-corrected chi connectivity index (χ2v) is 16.2. The Balaban J connectivity index is 4.14. The Kier molecular flexibility index (Phi) is 25.5. The monoisotopic (exact) mass is 464 g/mol. The van der Waals surface area contributed by atoms with Crippen LogP contribution < -0.4 is 0 Å². The van der Waals surface area contributed by atoms with Crippen molar-refractivity contribution in [2.24, 2.45) is 0 Å². The first-order valence-corrected chi connectivity index (χ1v) is 18.5. The van der Waals surface area contributed by atoms with Crippen LogP contribution in [0.15, 0.2) is 12.2 Å². The zero-order valence-corrected chi connectivity index (χ0v) is 24.3. The molecule has 0 heterocycles. The van der Waals surface area contributed by atoms with Crippen LogP contribution in [-0.2, 0) is 0 Å². The first kappa shape index (κ1) is 32.0. The van der Waals surface area contributed by atoms with Crippen LogP contribution in [0, 0.1) is 0 Å². The lowest BCUT2D eigenvalue weighted by atomic mass is 10.1. The largest absolute Gasteiger partial charge is 0.0912 e. The molecule has 0 saturated heterocycles. The Morgan fingerprint density at radius 3 is 1.16 bits per heavy atom. The number of hydrogen-bond acceptors (Lipinski definition) is 0. The molecule has 32 heavy (non-hydrogen) atoms. The molecule has 1 heteroatoms. The van der Waals surface area contributed by atoms with Crippen LogP contribution in [-0.4, -0.2) is 8.07 Å². The lowest BCUT2D eigenvalue weighted by Crippen LogP contribution is -2.28. The van der Waals surface area contributed by atoms with Gasteiger partial charge in [-0.05, 0) is 18.9 Å². The number of unbranched alkanes of at least 4 members (excludes halogenated alkanes) is 19. The molecule has 0 aliphatic carbocycles. The van der Waals surface area contributed by atoms with Crippen molar-refractivity contribution < 1.29 is 0 Å². The molecular formula is C31H64Si. The molecule has 0 rings (SSSR count). The highest BCUT2D eigenvalue weighted by atomic mass is 28.3. The third-order valence-electron chi connectivity index (χ3n) is 7.52. The SMILES string of the molecule is CCCCCCC/C=C/C[Si](C)(CCCCCCCCCC)CCCCCCCCCC. The summed E-state index contributed by atoms with van der Waals surface area (Å²) in [6, 6.07) is 4.62. The molecular weight excluding hydrogens is 400 g/mol. The van der Waals surface area contributed by atoms with E-state index in [0.717, 1.165) is 0 Å². The molecule has 0 nitrogen and oxygen atoms in total. The molecule has 0 fully saturated rings. The number of hydrogen-bond donors (Lipinski definition) is 0. The minimum atomic E-state index is -1.08. The van der Waals surface area contributed by atoms with Gasteiger partial charge in [-0.15, -0.1) is 0 Å². The predicted molar refractivity (Wildman–Crippen MR) is 154 cm³/mol. The third kappa shape index (κ3) is 23.1. The molecule has 0 bridgehead atoms. The van der Waals surface area contributed by atoms with Gasteiger partial charge in [-0.25, -0.2) is 0 Å². The van der Waals surface area contributed by atoms with Gasteiger partial charge in [-0.2, -0.15) is 0 Å². The minimum absolute atomic E-state index is 1.08. The summed E-state index contributed by atoms with van der Waals surface area (Å²) in [5.74, 6) is 0. The Bertz CT molecular complexity index is 353. The van der Waals surface area contributed by atoms with Crippen molar-refractivity contribution in [1.29, 1.82) is 0 Å². The zero-order valence-electron chi connectivity index (χ0n) is 23.3. The summed E-state index contributed by atoms with van der Waals surface area (Å²) >= 11 is 0. The highest BCUT2D eigenvalue weighted by molar-refractivity contribution is 6.79. The maximum Gasteiger partial charge on any atom is 0.0542 e. The van der Waals surface area contributed by atoms with Crippen molar-refractivity contribution >= 4 is 8.07 Å². The molecule has 0 aromatic rings. The van der Waals surface area contributed by atoms with Gasteiger partial charge in [0.15, 0.2) is 0 Å². The van der Waals surface area contributed by atoms with Crippen LogP contribution in [0.4, 0.5) is 0 Å². The molecule has 0 amide bonds. The van der Waals surface area contributed by atoms with E-state index in [1.807, 2.05) is 0 Å². The first-order valence-electron chi connectivity index (χ1n) is 15.3. The van der Waals surface area contributed by atoms with Gasteiger partial charge < -0.3 is 0 Å². The normalized spacial score (nSPS) is 12.2. The molecule has 0 spiro atoms. The van der Waals surface area contributed by atoms with Crippen LogP contribution >= 0.6 is 0 Å². The highest BCUT2D eigenvalue weighted by Crippen LogP contribution is 2.28. The van der Waals surface area contributed by atoms with Crippen molar-refractivity contribution in [1.82, 2.24) is 0 Å². The van der Waals surface area contributed by atoms with Crippen LogP contribution in [0.2, 0.25) is 24.7 Å². The van der Waals surface area contributed by atoms with Crippen molar-refractivity contribution in [2.75, 3.05) is 0 Å². The van der Waals surface area contributed by atoms with Gasteiger partial charge in [0.25, 0.3) is 0 Å². The van der Waals surface area contributed by atoms with E-state index in [1.165, 1.54) is 147 Å². The van der Waals surface area contributed by atoms with E-state index in [2.05, 4.69) is 39.5 Å². The number of rotatable bonds is 26. The van der Waals surface area contributed by atoms with Crippen LogP contribution in [0.5, 0.6) is 0 Å². The fourth-order valence-corrected chi connectivity index (χ4v) is 8.65. The van der Waals surface area contributed by atoms with Gasteiger partial charge in [0.1, 0.15) is 0 Å². The van der Waals surface area contributed by atoms with Crippen LogP contribution in [0.3, 0.4) is 0 Å². The molecule has 192 valence electrons. The van der Waals surface area contributed by atoms with E-state index in [0.29, 0.717) is 0 Å². The van der Waals surface area contributed by atoms with E-state index in [4.69, 9.17) is 0 Å². The minimum Gasteiger partial charge on any atom is -0.0912 e.